The molecule has 0 aliphatic carbocycles. The van der Waals surface area contributed by atoms with Crippen molar-refractivity contribution in [3.63, 3.8) is 0 Å². The van der Waals surface area contributed by atoms with Gasteiger partial charge in [-0.15, -0.1) is 0 Å². The van der Waals surface area contributed by atoms with E-state index >= 15 is 0 Å². The highest BCUT2D eigenvalue weighted by Gasteiger charge is 2.25. The van der Waals surface area contributed by atoms with Gasteiger partial charge in [0.15, 0.2) is 6.04 Å². The van der Waals surface area contributed by atoms with Crippen molar-refractivity contribution < 1.29 is 23.8 Å². The number of methoxy groups -OCH3 is 1. The highest BCUT2D eigenvalue weighted by atomic mass is 79.9. The third-order valence-corrected chi connectivity index (χ3v) is 4.13. The number of benzene rings is 2. The third-order valence-electron chi connectivity index (χ3n) is 3.51. The molecule has 0 saturated carbocycles. The lowest BCUT2D eigenvalue weighted by Gasteiger charge is -2.18. The standard InChI is InChI=1S/C19H20BrNO5/c1-3-25-18(22)17(14-9-10-16(24-2)15(20)11-14)21-19(23)26-12-13-7-5-4-6-8-13/h4-11,17H,3,12H2,1-2H3,(H,21,23). The van der Waals surface area contributed by atoms with Crippen LogP contribution in [0.5, 0.6) is 5.75 Å². The van der Waals surface area contributed by atoms with Crippen molar-refractivity contribution in [3.05, 3.63) is 64.1 Å². The highest BCUT2D eigenvalue weighted by Crippen LogP contribution is 2.28. The van der Waals surface area contributed by atoms with Gasteiger partial charge in [0.25, 0.3) is 0 Å². The van der Waals surface area contributed by atoms with Crippen LogP contribution in [-0.2, 0) is 20.9 Å². The van der Waals surface area contributed by atoms with Crippen LogP contribution in [0.25, 0.3) is 0 Å². The molecule has 0 fully saturated rings. The Morgan fingerprint density at radius 2 is 1.85 bits per heavy atom. The number of ether oxygens (including phenoxy) is 3. The number of rotatable bonds is 7. The van der Waals surface area contributed by atoms with E-state index < -0.39 is 18.1 Å². The topological polar surface area (TPSA) is 73.9 Å². The summed E-state index contributed by atoms with van der Waals surface area (Å²) in [6, 6.07) is 13.4. The second-order valence-corrected chi connectivity index (χ2v) is 6.14. The first-order valence-corrected chi connectivity index (χ1v) is 8.81. The number of carbonyl (C=O) groups is 2. The molecule has 0 heterocycles. The summed E-state index contributed by atoms with van der Waals surface area (Å²) in [4.78, 5) is 24.4. The zero-order valence-electron chi connectivity index (χ0n) is 14.5. The van der Waals surface area contributed by atoms with Gasteiger partial charge in [0.2, 0.25) is 0 Å². The first-order chi connectivity index (χ1) is 12.5. The van der Waals surface area contributed by atoms with E-state index in [9.17, 15) is 9.59 Å². The van der Waals surface area contributed by atoms with Gasteiger partial charge in [-0.25, -0.2) is 9.59 Å². The van der Waals surface area contributed by atoms with Crippen molar-refractivity contribution in [2.75, 3.05) is 13.7 Å². The van der Waals surface area contributed by atoms with E-state index in [1.807, 2.05) is 30.3 Å². The zero-order valence-corrected chi connectivity index (χ0v) is 16.1. The summed E-state index contributed by atoms with van der Waals surface area (Å²) >= 11 is 3.37. The van der Waals surface area contributed by atoms with Crippen LogP contribution in [0.4, 0.5) is 4.79 Å². The molecule has 0 aliphatic heterocycles. The maximum atomic E-state index is 12.3. The minimum atomic E-state index is -0.986. The summed E-state index contributed by atoms with van der Waals surface area (Å²) in [5.74, 6) is 0.0456. The summed E-state index contributed by atoms with van der Waals surface area (Å²) in [7, 11) is 1.54. The number of nitrogens with one attached hydrogen (secondary N) is 1. The highest BCUT2D eigenvalue weighted by molar-refractivity contribution is 9.10. The number of hydrogen-bond donors (Lipinski definition) is 1. The van der Waals surface area contributed by atoms with E-state index in [1.165, 1.54) is 0 Å². The molecule has 0 spiro atoms. The van der Waals surface area contributed by atoms with Crippen molar-refractivity contribution in [2.45, 2.75) is 19.6 Å². The predicted octanol–water partition coefficient (Wildman–Crippen LogP) is 3.99. The van der Waals surface area contributed by atoms with E-state index in [1.54, 1.807) is 32.2 Å². The van der Waals surface area contributed by atoms with Gasteiger partial charge >= 0.3 is 12.1 Å². The molecule has 2 aromatic carbocycles. The fourth-order valence-electron chi connectivity index (χ4n) is 2.25. The van der Waals surface area contributed by atoms with E-state index in [2.05, 4.69) is 21.2 Å². The minimum absolute atomic E-state index is 0.106. The lowest BCUT2D eigenvalue weighted by molar-refractivity contribution is -0.145. The lowest BCUT2D eigenvalue weighted by atomic mass is 10.1. The Morgan fingerprint density at radius 1 is 1.12 bits per heavy atom. The van der Waals surface area contributed by atoms with Crippen LogP contribution < -0.4 is 10.1 Å². The van der Waals surface area contributed by atoms with Crippen LogP contribution in [0.3, 0.4) is 0 Å². The summed E-state index contributed by atoms with van der Waals surface area (Å²) in [5.41, 5.74) is 1.40. The Bertz CT molecular complexity index is 751. The van der Waals surface area contributed by atoms with Gasteiger partial charge in [0.05, 0.1) is 18.2 Å². The summed E-state index contributed by atoms with van der Waals surface area (Å²) in [6.07, 6.45) is -0.709. The SMILES string of the molecule is CCOC(=O)C(NC(=O)OCc1ccccc1)c1ccc(OC)c(Br)c1. The van der Waals surface area contributed by atoms with Gasteiger partial charge in [0, 0.05) is 0 Å². The van der Waals surface area contributed by atoms with Crippen LogP contribution in [0.1, 0.15) is 24.1 Å². The minimum Gasteiger partial charge on any atom is -0.496 e. The molecular formula is C19H20BrNO5. The Hall–Kier alpha value is -2.54. The van der Waals surface area contributed by atoms with Crippen LogP contribution in [0.15, 0.2) is 53.0 Å². The normalized spacial score (nSPS) is 11.3. The monoisotopic (exact) mass is 421 g/mol. The molecule has 2 aromatic rings. The maximum Gasteiger partial charge on any atom is 0.408 e. The quantitative estimate of drug-likeness (QED) is 0.684. The summed E-state index contributed by atoms with van der Waals surface area (Å²) < 4.78 is 16.1. The van der Waals surface area contributed by atoms with E-state index in [0.29, 0.717) is 15.8 Å². The maximum absolute atomic E-state index is 12.3. The van der Waals surface area contributed by atoms with Crippen LogP contribution in [-0.4, -0.2) is 25.8 Å². The van der Waals surface area contributed by atoms with Crippen molar-refractivity contribution in [1.82, 2.24) is 5.32 Å². The molecule has 0 bridgehead atoms. The number of esters is 1. The molecule has 2 rings (SSSR count). The van der Waals surface area contributed by atoms with Crippen molar-refractivity contribution in [2.24, 2.45) is 0 Å². The van der Waals surface area contributed by atoms with Crippen molar-refractivity contribution >= 4 is 28.0 Å². The molecule has 1 N–H and O–H groups in total. The Labute approximate surface area is 160 Å². The largest absolute Gasteiger partial charge is 0.496 e. The van der Waals surface area contributed by atoms with Gasteiger partial charge < -0.3 is 19.5 Å². The molecule has 1 amide bonds. The van der Waals surface area contributed by atoms with Gasteiger partial charge in [0.1, 0.15) is 12.4 Å². The number of halogens is 1. The molecule has 0 aliphatic rings. The molecule has 0 aromatic heterocycles. The van der Waals surface area contributed by atoms with E-state index in [4.69, 9.17) is 14.2 Å². The van der Waals surface area contributed by atoms with Crippen LogP contribution in [0, 0.1) is 0 Å². The zero-order chi connectivity index (χ0) is 18.9. The van der Waals surface area contributed by atoms with Gasteiger partial charge in [-0.1, -0.05) is 36.4 Å². The average Bonchev–Trinajstić information content (AvgIpc) is 2.65. The van der Waals surface area contributed by atoms with Gasteiger partial charge in [-0.3, -0.25) is 0 Å². The van der Waals surface area contributed by atoms with Crippen molar-refractivity contribution in [3.8, 4) is 5.75 Å². The van der Waals surface area contributed by atoms with Gasteiger partial charge in [-0.05, 0) is 46.1 Å². The molecule has 7 heteroatoms. The van der Waals surface area contributed by atoms with E-state index in [-0.39, 0.29) is 13.2 Å². The lowest BCUT2D eigenvalue weighted by Crippen LogP contribution is -2.35. The molecule has 6 nitrogen and oxygen atoms in total. The smallest absolute Gasteiger partial charge is 0.408 e. The molecule has 1 unspecified atom stereocenters. The van der Waals surface area contributed by atoms with Crippen LogP contribution >= 0.6 is 15.9 Å². The Kier molecular flexibility index (Phi) is 7.47. The molecule has 138 valence electrons. The first-order valence-electron chi connectivity index (χ1n) is 8.02. The predicted molar refractivity (Wildman–Crippen MR) is 99.8 cm³/mol. The Morgan fingerprint density at radius 3 is 2.46 bits per heavy atom. The summed E-state index contributed by atoms with van der Waals surface area (Å²) in [6.45, 7) is 2.01. The van der Waals surface area contributed by atoms with Crippen molar-refractivity contribution in [1.29, 1.82) is 0 Å². The average molecular weight is 422 g/mol. The second-order valence-electron chi connectivity index (χ2n) is 5.29. The summed E-state index contributed by atoms with van der Waals surface area (Å²) in [5, 5.41) is 2.56. The molecular weight excluding hydrogens is 402 g/mol. The van der Waals surface area contributed by atoms with Gasteiger partial charge in [-0.2, -0.15) is 0 Å². The van der Waals surface area contributed by atoms with Crippen LogP contribution in [0.2, 0.25) is 0 Å². The number of hydrogen-bond acceptors (Lipinski definition) is 5. The third kappa shape index (κ3) is 5.49. The number of carbonyl (C=O) groups excluding carboxylic acids is 2. The fourth-order valence-corrected chi connectivity index (χ4v) is 2.81. The molecule has 0 saturated heterocycles. The Balaban J connectivity index is 2.10. The molecule has 0 radical (unpaired) electrons. The molecule has 26 heavy (non-hydrogen) atoms. The molecule has 1 atom stereocenters. The second kappa shape index (κ2) is 9.82. The number of alkyl carbamates (subject to hydrolysis) is 1. The van der Waals surface area contributed by atoms with E-state index in [0.717, 1.165) is 5.56 Å². The first kappa shape index (κ1) is 19.8. The fraction of sp³-hybridized carbons (Fsp3) is 0.263. The number of amides is 1.